The molecule has 0 aromatic heterocycles. The van der Waals surface area contributed by atoms with Crippen molar-refractivity contribution < 1.29 is 0 Å². The van der Waals surface area contributed by atoms with Crippen LogP contribution in [0.1, 0.15) is 37.7 Å². The third-order valence-corrected chi connectivity index (χ3v) is 4.51. The van der Waals surface area contributed by atoms with E-state index in [1.54, 1.807) is 12.1 Å². The number of anilines is 1. The number of rotatable bonds is 1. The van der Waals surface area contributed by atoms with Gasteiger partial charge in [0.15, 0.2) is 0 Å². The molecule has 1 heterocycles. The van der Waals surface area contributed by atoms with Crippen LogP contribution in [0.4, 0.5) is 5.69 Å². The molecule has 1 aromatic rings. The number of hydrogen-bond donors (Lipinski definition) is 2. The highest BCUT2D eigenvalue weighted by Gasteiger charge is 2.43. The average molecular weight is 317 g/mol. The van der Waals surface area contributed by atoms with Crippen LogP contribution in [0.25, 0.3) is 0 Å². The standard InChI is InChI=1S/C15H17ClN6/c16-11-5-4-6-12(10(11)9-17)22-14(19)20-13(18)21-15(22)7-2-1-3-8-15/h4-6H,1-3,7-8H2,(H4,18,19,20,21). The van der Waals surface area contributed by atoms with Gasteiger partial charge in [-0.25, -0.2) is 4.99 Å². The van der Waals surface area contributed by atoms with Gasteiger partial charge >= 0.3 is 0 Å². The number of benzene rings is 1. The summed E-state index contributed by atoms with van der Waals surface area (Å²) in [5.74, 6) is 0.448. The first kappa shape index (κ1) is 14.7. The van der Waals surface area contributed by atoms with Gasteiger partial charge in [0.2, 0.25) is 11.9 Å². The summed E-state index contributed by atoms with van der Waals surface area (Å²) < 4.78 is 0. The van der Waals surface area contributed by atoms with E-state index in [-0.39, 0.29) is 11.9 Å². The number of nitrogens with zero attached hydrogens (tertiary/aromatic N) is 4. The van der Waals surface area contributed by atoms with Crippen molar-refractivity contribution in [3.8, 4) is 6.07 Å². The molecule has 1 saturated carbocycles. The predicted octanol–water partition coefficient (Wildman–Crippen LogP) is 2.32. The van der Waals surface area contributed by atoms with Crippen LogP contribution in [0.5, 0.6) is 0 Å². The molecule has 0 amide bonds. The molecule has 6 nitrogen and oxygen atoms in total. The van der Waals surface area contributed by atoms with Gasteiger partial charge < -0.3 is 11.5 Å². The quantitative estimate of drug-likeness (QED) is 0.829. The van der Waals surface area contributed by atoms with Crippen LogP contribution in [-0.4, -0.2) is 17.6 Å². The van der Waals surface area contributed by atoms with Gasteiger partial charge in [-0.15, -0.1) is 0 Å². The number of hydrogen-bond acceptors (Lipinski definition) is 6. The molecule has 4 N–H and O–H groups in total. The van der Waals surface area contributed by atoms with Gasteiger partial charge in [-0.3, -0.25) is 4.90 Å². The SMILES string of the molecule is N#Cc1c(Cl)cccc1N1C(N)=NC(N)=NC12CCCCC2. The van der Waals surface area contributed by atoms with Crippen molar-refractivity contribution >= 4 is 29.2 Å². The topological polar surface area (TPSA) is 104 Å². The Morgan fingerprint density at radius 2 is 1.95 bits per heavy atom. The van der Waals surface area contributed by atoms with E-state index in [4.69, 9.17) is 23.1 Å². The molecular weight excluding hydrogens is 300 g/mol. The van der Waals surface area contributed by atoms with E-state index in [0.29, 0.717) is 16.3 Å². The second kappa shape index (κ2) is 5.50. The molecule has 7 heteroatoms. The Balaban J connectivity index is 2.17. The molecule has 0 atom stereocenters. The molecule has 0 bridgehead atoms. The lowest BCUT2D eigenvalue weighted by Crippen LogP contribution is -2.58. The lowest BCUT2D eigenvalue weighted by Gasteiger charge is -2.45. The maximum Gasteiger partial charge on any atom is 0.220 e. The number of guanidine groups is 2. The molecule has 1 aliphatic heterocycles. The lowest BCUT2D eigenvalue weighted by atomic mass is 9.87. The Kier molecular flexibility index (Phi) is 3.67. The molecule has 0 unspecified atom stereocenters. The summed E-state index contributed by atoms with van der Waals surface area (Å²) in [5, 5.41) is 9.84. The van der Waals surface area contributed by atoms with E-state index in [0.717, 1.165) is 32.1 Å². The lowest BCUT2D eigenvalue weighted by molar-refractivity contribution is 0.305. The number of aliphatic imine (C=N–C) groups is 2. The fourth-order valence-electron chi connectivity index (χ4n) is 3.28. The fourth-order valence-corrected chi connectivity index (χ4v) is 3.49. The van der Waals surface area contributed by atoms with Crippen LogP contribution in [-0.2, 0) is 0 Å². The second-order valence-corrected chi connectivity index (χ2v) is 5.97. The van der Waals surface area contributed by atoms with E-state index in [1.807, 2.05) is 11.0 Å². The molecule has 22 heavy (non-hydrogen) atoms. The molecule has 114 valence electrons. The molecule has 3 rings (SSSR count). The van der Waals surface area contributed by atoms with E-state index < -0.39 is 5.66 Å². The van der Waals surface area contributed by atoms with Gasteiger partial charge in [-0.1, -0.05) is 24.1 Å². The van der Waals surface area contributed by atoms with E-state index in [1.165, 1.54) is 0 Å². The number of nitriles is 1. The molecule has 2 aliphatic rings. The zero-order valence-corrected chi connectivity index (χ0v) is 12.8. The maximum atomic E-state index is 9.45. The van der Waals surface area contributed by atoms with Gasteiger partial charge in [0, 0.05) is 0 Å². The summed E-state index contributed by atoms with van der Waals surface area (Å²) >= 11 is 6.16. The molecule has 1 spiro atoms. The zero-order valence-electron chi connectivity index (χ0n) is 12.1. The highest BCUT2D eigenvalue weighted by Crippen LogP contribution is 2.41. The Bertz CT molecular complexity index is 696. The predicted molar refractivity (Wildman–Crippen MR) is 87.7 cm³/mol. The van der Waals surface area contributed by atoms with E-state index in [9.17, 15) is 5.26 Å². The monoisotopic (exact) mass is 316 g/mol. The minimum atomic E-state index is -0.565. The highest BCUT2D eigenvalue weighted by molar-refractivity contribution is 6.32. The molecule has 0 radical (unpaired) electrons. The van der Waals surface area contributed by atoms with Gasteiger partial charge in [-0.2, -0.15) is 10.3 Å². The number of nitrogens with two attached hydrogens (primary N) is 2. The maximum absolute atomic E-state index is 9.45. The van der Waals surface area contributed by atoms with Crippen LogP contribution < -0.4 is 16.4 Å². The summed E-state index contributed by atoms with van der Waals surface area (Å²) in [7, 11) is 0. The third kappa shape index (κ3) is 2.28. The Hall–Kier alpha value is -2.26. The van der Waals surface area contributed by atoms with Crippen LogP contribution in [0, 0.1) is 11.3 Å². The largest absolute Gasteiger partial charge is 0.369 e. The summed E-state index contributed by atoms with van der Waals surface area (Å²) in [4.78, 5) is 10.5. The minimum absolute atomic E-state index is 0.191. The summed E-state index contributed by atoms with van der Waals surface area (Å²) in [6, 6.07) is 7.45. The van der Waals surface area contributed by atoms with E-state index >= 15 is 0 Å². The van der Waals surface area contributed by atoms with Crippen LogP contribution in [0.15, 0.2) is 28.2 Å². The molecule has 1 fully saturated rings. The van der Waals surface area contributed by atoms with Crippen LogP contribution >= 0.6 is 11.6 Å². The van der Waals surface area contributed by atoms with Gasteiger partial charge in [0.25, 0.3) is 0 Å². The smallest absolute Gasteiger partial charge is 0.220 e. The summed E-state index contributed by atoms with van der Waals surface area (Å²) in [5.41, 5.74) is 12.4. The van der Waals surface area contributed by atoms with Crippen molar-refractivity contribution in [2.24, 2.45) is 21.5 Å². The summed E-state index contributed by atoms with van der Waals surface area (Å²) in [6.07, 6.45) is 4.86. The van der Waals surface area contributed by atoms with Gasteiger partial charge in [0.1, 0.15) is 11.7 Å². The average Bonchev–Trinajstić information content (AvgIpc) is 2.47. The van der Waals surface area contributed by atoms with Crippen molar-refractivity contribution in [2.75, 3.05) is 4.90 Å². The normalized spacial score (nSPS) is 20.3. The van der Waals surface area contributed by atoms with Crippen LogP contribution in [0.2, 0.25) is 5.02 Å². The van der Waals surface area contributed by atoms with Crippen molar-refractivity contribution in [3.05, 3.63) is 28.8 Å². The Morgan fingerprint density at radius 3 is 2.64 bits per heavy atom. The van der Waals surface area contributed by atoms with Gasteiger partial charge in [0.05, 0.1) is 16.3 Å². The number of halogens is 1. The molecular formula is C15H17ClN6. The zero-order chi connectivity index (χ0) is 15.7. The molecule has 0 saturated heterocycles. The molecule has 1 aliphatic carbocycles. The first-order chi connectivity index (χ1) is 10.6. The van der Waals surface area contributed by atoms with Crippen molar-refractivity contribution in [3.63, 3.8) is 0 Å². The minimum Gasteiger partial charge on any atom is -0.369 e. The van der Waals surface area contributed by atoms with E-state index in [2.05, 4.69) is 16.1 Å². The first-order valence-corrected chi connectivity index (χ1v) is 7.63. The van der Waals surface area contributed by atoms with Crippen molar-refractivity contribution in [1.29, 1.82) is 5.26 Å². The van der Waals surface area contributed by atoms with Gasteiger partial charge in [-0.05, 0) is 37.8 Å². The van der Waals surface area contributed by atoms with Crippen molar-refractivity contribution in [1.82, 2.24) is 0 Å². The Morgan fingerprint density at radius 1 is 1.23 bits per heavy atom. The third-order valence-electron chi connectivity index (χ3n) is 4.20. The first-order valence-electron chi connectivity index (χ1n) is 7.26. The van der Waals surface area contributed by atoms with Crippen LogP contribution in [0.3, 0.4) is 0 Å². The summed E-state index contributed by atoms with van der Waals surface area (Å²) in [6.45, 7) is 0. The van der Waals surface area contributed by atoms with Crippen molar-refractivity contribution in [2.45, 2.75) is 37.8 Å². The molecule has 1 aromatic carbocycles. The highest BCUT2D eigenvalue weighted by atomic mass is 35.5. The Labute approximate surface area is 134 Å². The fraction of sp³-hybridized carbons (Fsp3) is 0.400. The second-order valence-electron chi connectivity index (χ2n) is 5.56.